The molecule has 0 radical (unpaired) electrons. The summed E-state index contributed by atoms with van der Waals surface area (Å²) in [5.74, 6) is -1.17. The number of carboxylic acids is 1. The van der Waals surface area contributed by atoms with E-state index < -0.39 is 17.7 Å². The molecule has 182 valence electrons. The van der Waals surface area contributed by atoms with Gasteiger partial charge >= 0.3 is 5.97 Å². The highest BCUT2D eigenvalue weighted by molar-refractivity contribution is 5.95. The molecular weight excluding hydrogens is 436 g/mol. The number of rotatable bonds is 5. The quantitative estimate of drug-likeness (QED) is 0.393. The van der Waals surface area contributed by atoms with Crippen molar-refractivity contribution >= 4 is 11.7 Å². The SMILES string of the molecule is Cc1ccc(-c2c(C)c(-c3ccc(C)c(C)c3)c(C(OC(C)(C)C)C(=O)O)c(C#N)c2N)cc1C. The van der Waals surface area contributed by atoms with Crippen molar-refractivity contribution < 1.29 is 14.6 Å². The first kappa shape index (κ1) is 26.0. The fourth-order valence-corrected chi connectivity index (χ4v) is 4.43. The Hall–Kier alpha value is -3.62. The number of hydrogen-bond donors (Lipinski definition) is 2. The maximum Gasteiger partial charge on any atom is 0.337 e. The number of ether oxygens (including phenoxy) is 1. The Labute approximate surface area is 208 Å². The van der Waals surface area contributed by atoms with Gasteiger partial charge in [-0.2, -0.15) is 5.26 Å². The van der Waals surface area contributed by atoms with Crippen molar-refractivity contribution in [1.29, 1.82) is 5.26 Å². The van der Waals surface area contributed by atoms with Crippen molar-refractivity contribution in [3.8, 4) is 28.3 Å². The first-order chi connectivity index (χ1) is 16.3. The van der Waals surface area contributed by atoms with E-state index in [0.29, 0.717) is 11.1 Å². The van der Waals surface area contributed by atoms with Crippen molar-refractivity contribution in [3.05, 3.63) is 75.3 Å². The molecule has 0 bridgehead atoms. The van der Waals surface area contributed by atoms with Crippen LogP contribution >= 0.6 is 0 Å². The van der Waals surface area contributed by atoms with Gasteiger partial charge in [0.1, 0.15) is 6.07 Å². The van der Waals surface area contributed by atoms with Crippen molar-refractivity contribution in [1.82, 2.24) is 0 Å². The molecule has 3 aromatic rings. The zero-order valence-electron chi connectivity index (χ0n) is 21.8. The third-order valence-corrected chi connectivity index (χ3v) is 6.49. The van der Waals surface area contributed by atoms with Gasteiger partial charge in [0.2, 0.25) is 0 Å². The lowest BCUT2D eigenvalue weighted by Gasteiger charge is -2.30. The van der Waals surface area contributed by atoms with E-state index in [9.17, 15) is 15.2 Å². The standard InChI is InChI=1S/C30H34N2O3/c1-16-9-11-21(13-18(16)3)24-20(5)25(22-12-10-17(2)19(4)14-22)27(32)23(15-31)26(24)28(29(33)34)35-30(6,7)8/h9-14,28H,32H2,1-8H3,(H,33,34). The fourth-order valence-electron chi connectivity index (χ4n) is 4.43. The molecule has 5 nitrogen and oxygen atoms in total. The average Bonchev–Trinajstić information content (AvgIpc) is 2.75. The first-order valence-corrected chi connectivity index (χ1v) is 11.7. The molecule has 0 fully saturated rings. The summed E-state index contributed by atoms with van der Waals surface area (Å²) in [6.45, 7) is 15.4. The molecule has 0 heterocycles. The van der Waals surface area contributed by atoms with Gasteiger partial charge < -0.3 is 15.6 Å². The van der Waals surface area contributed by atoms with Crippen LogP contribution in [0.15, 0.2) is 36.4 Å². The summed E-state index contributed by atoms with van der Waals surface area (Å²) >= 11 is 0. The Bertz CT molecular complexity index is 1360. The molecule has 5 heteroatoms. The number of aliphatic carboxylic acids is 1. The minimum absolute atomic E-state index is 0.133. The molecule has 35 heavy (non-hydrogen) atoms. The van der Waals surface area contributed by atoms with E-state index in [0.717, 1.165) is 44.5 Å². The molecule has 1 unspecified atom stereocenters. The Kier molecular flexibility index (Phi) is 7.10. The van der Waals surface area contributed by atoms with Crippen LogP contribution in [0.3, 0.4) is 0 Å². The van der Waals surface area contributed by atoms with Crippen LogP contribution in [0.5, 0.6) is 0 Å². The summed E-state index contributed by atoms with van der Waals surface area (Å²) < 4.78 is 6.03. The Morgan fingerprint density at radius 2 is 1.40 bits per heavy atom. The molecular formula is C30H34N2O3. The minimum atomic E-state index is -1.36. The van der Waals surface area contributed by atoms with Gasteiger partial charge in [-0.3, -0.25) is 0 Å². The van der Waals surface area contributed by atoms with Crippen LogP contribution in [0.4, 0.5) is 5.69 Å². The number of anilines is 1. The number of carbonyl (C=O) groups is 1. The van der Waals surface area contributed by atoms with Gasteiger partial charge in [0.25, 0.3) is 0 Å². The predicted molar refractivity (Wildman–Crippen MR) is 141 cm³/mol. The van der Waals surface area contributed by atoms with Crippen LogP contribution in [0.25, 0.3) is 22.3 Å². The van der Waals surface area contributed by atoms with Crippen LogP contribution < -0.4 is 5.73 Å². The smallest absolute Gasteiger partial charge is 0.337 e. The van der Waals surface area contributed by atoms with Crippen LogP contribution in [-0.4, -0.2) is 16.7 Å². The second kappa shape index (κ2) is 9.56. The van der Waals surface area contributed by atoms with Crippen molar-refractivity contribution in [2.24, 2.45) is 0 Å². The van der Waals surface area contributed by atoms with Gasteiger partial charge in [0.05, 0.1) is 16.9 Å². The third-order valence-electron chi connectivity index (χ3n) is 6.49. The molecule has 3 aromatic carbocycles. The van der Waals surface area contributed by atoms with Gasteiger partial charge in [-0.25, -0.2) is 4.79 Å². The Morgan fingerprint density at radius 1 is 0.914 bits per heavy atom. The number of nitrogens with two attached hydrogens (primary N) is 1. The highest BCUT2D eigenvalue weighted by atomic mass is 16.5. The van der Waals surface area contributed by atoms with Crippen molar-refractivity contribution in [3.63, 3.8) is 0 Å². The van der Waals surface area contributed by atoms with Crippen LogP contribution in [0.1, 0.15) is 65.8 Å². The topological polar surface area (TPSA) is 96.3 Å². The van der Waals surface area contributed by atoms with E-state index in [1.54, 1.807) is 20.8 Å². The van der Waals surface area contributed by atoms with Gasteiger partial charge in [0.15, 0.2) is 6.10 Å². The number of nitrogens with zero attached hydrogens (tertiary/aromatic N) is 1. The molecule has 1 atom stereocenters. The predicted octanol–water partition coefficient (Wildman–Crippen LogP) is 6.96. The summed E-state index contributed by atoms with van der Waals surface area (Å²) in [5.41, 5.74) is 15.0. The maximum atomic E-state index is 12.5. The summed E-state index contributed by atoms with van der Waals surface area (Å²) in [4.78, 5) is 12.5. The largest absolute Gasteiger partial charge is 0.479 e. The van der Waals surface area contributed by atoms with E-state index in [4.69, 9.17) is 10.5 Å². The minimum Gasteiger partial charge on any atom is -0.479 e. The average molecular weight is 471 g/mol. The molecule has 0 saturated heterocycles. The second-order valence-electron chi connectivity index (χ2n) is 10.2. The van der Waals surface area contributed by atoms with Gasteiger partial charge in [-0.1, -0.05) is 36.4 Å². The number of carboxylic acid groups (broad SMARTS) is 1. The van der Waals surface area contributed by atoms with Crippen LogP contribution in [-0.2, 0) is 9.53 Å². The molecule has 3 N–H and O–H groups in total. The van der Waals surface area contributed by atoms with E-state index in [1.165, 1.54) is 0 Å². The third kappa shape index (κ3) is 5.08. The maximum absolute atomic E-state index is 12.5. The fraction of sp³-hybridized carbons (Fsp3) is 0.333. The number of benzene rings is 3. The van der Waals surface area contributed by atoms with E-state index in [1.807, 2.05) is 65.0 Å². The lowest BCUT2D eigenvalue weighted by molar-refractivity contribution is -0.160. The highest BCUT2D eigenvalue weighted by Gasteiger charge is 2.34. The zero-order valence-corrected chi connectivity index (χ0v) is 21.8. The molecule has 0 aliphatic carbocycles. The molecule has 0 aliphatic rings. The molecule has 0 amide bonds. The molecule has 0 aromatic heterocycles. The van der Waals surface area contributed by atoms with Crippen LogP contribution in [0.2, 0.25) is 0 Å². The van der Waals surface area contributed by atoms with Crippen molar-refractivity contribution in [2.45, 2.75) is 67.1 Å². The Morgan fingerprint density at radius 3 is 1.80 bits per heavy atom. The molecule has 0 aliphatic heterocycles. The number of hydrogen-bond acceptors (Lipinski definition) is 4. The number of nitriles is 1. The zero-order chi connectivity index (χ0) is 26.2. The van der Waals surface area contributed by atoms with E-state index in [2.05, 4.69) is 12.1 Å². The monoisotopic (exact) mass is 470 g/mol. The number of aryl methyl sites for hydroxylation is 4. The lowest BCUT2D eigenvalue weighted by Crippen LogP contribution is -2.28. The molecule has 0 saturated carbocycles. The summed E-state index contributed by atoms with van der Waals surface area (Å²) in [5, 5.41) is 20.5. The van der Waals surface area contributed by atoms with E-state index in [-0.39, 0.29) is 11.3 Å². The van der Waals surface area contributed by atoms with Crippen molar-refractivity contribution in [2.75, 3.05) is 5.73 Å². The highest BCUT2D eigenvalue weighted by Crippen LogP contribution is 2.46. The van der Waals surface area contributed by atoms with Crippen LogP contribution in [0, 0.1) is 45.9 Å². The molecule has 0 spiro atoms. The van der Waals surface area contributed by atoms with Gasteiger partial charge in [0, 0.05) is 11.1 Å². The van der Waals surface area contributed by atoms with E-state index >= 15 is 0 Å². The van der Waals surface area contributed by atoms with Gasteiger partial charge in [-0.05, 0) is 99.9 Å². The van der Waals surface area contributed by atoms with Gasteiger partial charge in [-0.15, -0.1) is 0 Å². The second-order valence-corrected chi connectivity index (χ2v) is 10.2. The molecule has 3 rings (SSSR count). The summed E-state index contributed by atoms with van der Waals surface area (Å²) in [6, 6.07) is 14.3. The first-order valence-electron chi connectivity index (χ1n) is 11.7. The Balaban J connectivity index is 2.53. The number of nitrogen functional groups attached to an aromatic ring is 1. The lowest BCUT2D eigenvalue weighted by atomic mass is 9.81. The summed E-state index contributed by atoms with van der Waals surface area (Å²) in [6.07, 6.45) is -1.36. The summed E-state index contributed by atoms with van der Waals surface area (Å²) in [7, 11) is 0. The normalized spacial score (nSPS) is 12.3.